The van der Waals surface area contributed by atoms with Gasteiger partial charge in [-0.2, -0.15) is 18.3 Å². The van der Waals surface area contributed by atoms with Crippen LogP contribution in [0, 0.1) is 0 Å². The number of aromatic hydroxyl groups is 2. The molecule has 1 aromatic heterocycles. The molecule has 0 fully saturated rings. The first-order valence-corrected chi connectivity index (χ1v) is 6.20. The minimum atomic E-state index is -5.00. The summed E-state index contributed by atoms with van der Waals surface area (Å²) in [5.74, 6) is -2.12. The second kappa shape index (κ2) is 4.70. The monoisotopic (exact) mass is 324 g/mol. The molecule has 2 N–H and O–H groups in total. The molecule has 0 aliphatic carbocycles. The van der Waals surface area contributed by atoms with Crippen molar-refractivity contribution in [2.75, 3.05) is 0 Å². The predicted octanol–water partition coefficient (Wildman–Crippen LogP) is 1.57. The van der Waals surface area contributed by atoms with Gasteiger partial charge in [0.15, 0.2) is 11.4 Å². The average molecular weight is 324 g/mol. The number of benzene rings is 1. The van der Waals surface area contributed by atoms with E-state index in [4.69, 9.17) is 0 Å². The van der Waals surface area contributed by atoms with Crippen LogP contribution in [0.25, 0.3) is 16.8 Å². The zero-order valence-electron chi connectivity index (χ0n) is 11.1. The molecule has 9 heteroatoms. The van der Waals surface area contributed by atoms with Crippen molar-refractivity contribution in [2.24, 2.45) is 0 Å². The van der Waals surface area contributed by atoms with E-state index < -0.39 is 45.5 Å². The van der Waals surface area contributed by atoms with Crippen molar-refractivity contribution in [2.45, 2.75) is 6.18 Å². The summed E-state index contributed by atoms with van der Waals surface area (Å²) >= 11 is 0. The standard InChI is InChI=1S/C14H7F3N2O4/c15-14(16,17)12-8(7-9(20)11(22)10(7)21)13(23)19(18-12)6-4-2-1-3-5-6/h1-5,20,23H. The van der Waals surface area contributed by atoms with Crippen LogP contribution in [0.2, 0.25) is 0 Å². The number of rotatable bonds is 2. The normalized spacial score (nSPS) is 12.0. The highest BCUT2D eigenvalue weighted by atomic mass is 19.4. The van der Waals surface area contributed by atoms with E-state index in [1.54, 1.807) is 6.07 Å². The van der Waals surface area contributed by atoms with Crippen LogP contribution in [-0.2, 0) is 6.18 Å². The molecule has 1 heterocycles. The maximum absolute atomic E-state index is 13.1. The largest absolute Gasteiger partial charge is 0.503 e. The third-order valence-corrected chi connectivity index (χ3v) is 3.27. The molecular weight excluding hydrogens is 317 g/mol. The van der Waals surface area contributed by atoms with Gasteiger partial charge in [-0.1, -0.05) is 18.2 Å². The summed E-state index contributed by atoms with van der Waals surface area (Å²) in [5.41, 5.74) is -5.97. The zero-order valence-corrected chi connectivity index (χ0v) is 11.1. The third-order valence-electron chi connectivity index (χ3n) is 3.27. The number of alkyl halides is 3. The van der Waals surface area contributed by atoms with Gasteiger partial charge in [0.05, 0.1) is 16.8 Å². The molecule has 0 saturated heterocycles. The van der Waals surface area contributed by atoms with Gasteiger partial charge in [-0.3, -0.25) is 9.59 Å². The van der Waals surface area contributed by atoms with Gasteiger partial charge in [0.25, 0.3) is 5.43 Å². The molecule has 3 aromatic rings. The summed E-state index contributed by atoms with van der Waals surface area (Å²) in [6, 6.07) is 7.41. The lowest BCUT2D eigenvalue weighted by molar-refractivity contribution is -0.140. The first kappa shape index (κ1) is 14.8. The molecule has 23 heavy (non-hydrogen) atoms. The summed E-state index contributed by atoms with van der Waals surface area (Å²) in [7, 11) is 0. The lowest BCUT2D eigenvalue weighted by Gasteiger charge is -2.08. The van der Waals surface area contributed by atoms with Crippen molar-refractivity contribution in [3.63, 3.8) is 0 Å². The second-order valence-corrected chi connectivity index (χ2v) is 4.67. The predicted molar refractivity (Wildman–Crippen MR) is 72.2 cm³/mol. The summed E-state index contributed by atoms with van der Waals surface area (Å²) in [4.78, 5) is 22.5. The Morgan fingerprint density at radius 2 is 1.57 bits per heavy atom. The topological polar surface area (TPSA) is 92.4 Å². The zero-order chi connectivity index (χ0) is 16.9. The summed E-state index contributed by atoms with van der Waals surface area (Å²) in [5, 5.41) is 22.7. The minimum absolute atomic E-state index is 0.111. The quantitative estimate of drug-likeness (QED) is 0.698. The van der Waals surface area contributed by atoms with E-state index in [0.717, 1.165) is 0 Å². The SMILES string of the molecule is O=c1c(O)c(-c2c(C(F)(F)F)nn(-c3ccccc3)c2O)c1=O. The van der Waals surface area contributed by atoms with Crippen molar-refractivity contribution in [3.05, 3.63) is 56.5 Å². The minimum Gasteiger partial charge on any atom is -0.503 e. The second-order valence-electron chi connectivity index (χ2n) is 4.67. The van der Waals surface area contributed by atoms with Gasteiger partial charge in [0.2, 0.25) is 11.3 Å². The Hall–Kier alpha value is -3.10. The van der Waals surface area contributed by atoms with Gasteiger partial charge in [0.1, 0.15) is 0 Å². The fourth-order valence-corrected chi connectivity index (χ4v) is 2.20. The van der Waals surface area contributed by atoms with E-state index in [2.05, 4.69) is 5.10 Å². The fourth-order valence-electron chi connectivity index (χ4n) is 2.20. The maximum Gasteiger partial charge on any atom is 0.435 e. The highest BCUT2D eigenvalue weighted by Crippen LogP contribution is 2.43. The highest BCUT2D eigenvalue weighted by molar-refractivity contribution is 5.80. The van der Waals surface area contributed by atoms with Gasteiger partial charge in [-0.05, 0) is 12.1 Å². The molecule has 2 aromatic carbocycles. The lowest BCUT2D eigenvalue weighted by atomic mass is 10.00. The number of halogens is 3. The molecule has 3 rings (SSSR count). The first-order chi connectivity index (χ1) is 10.7. The number of nitrogens with zero attached hydrogens (tertiary/aromatic N) is 2. The van der Waals surface area contributed by atoms with Crippen LogP contribution in [0.15, 0.2) is 39.9 Å². The van der Waals surface area contributed by atoms with Crippen LogP contribution in [0.5, 0.6) is 11.6 Å². The van der Waals surface area contributed by atoms with E-state index in [1.807, 2.05) is 0 Å². The van der Waals surface area contributed by atoms with Crippen molar-refractivity contribution >= 4 is 0 Å². The van der Waals surface area contributed by atoms with Gasteiger partial charge in [0, 0.05) is 0 Å². The lowest BCUT2D eigenvalue weighted by Crippen LogP contribution is -2.32. The molecule has 0 saturated carbocycles. The van der Waals surface area contributed by atoms with Crippen molar-refractivity contribution in [1.29, 1.82) is 0 Å². The third kappa shape index (κ3) is 2.08. The van der Waals surface area contributed by atoms with Crippen LogP contribution in [0.1, 0.15) is 5.69 Å². The van der Waals surface area contributed by atoms with Crippen LogP contribution in [0.4, 0.5) is 13.2 Å². The van der Waals surface area contributed by atoms with Gasteiger partial charge >= 0.3 is 6.18 Å². The van der Waals surface area contributed by atoms with Gasteiger partial charge < -0.3 is 10.2 Å². The first-order valence-electron chi connectivity index (χ1n) is 6.20. The average Bonchev–Trinajstić information content (AvgIpc) is 2.85. The molecule has 0 aliphatic rings. The van der Waals surface area contributed by atoms with Gasteiger partial charge in [-0.25, -0.2) is 4.68 Å². The van der Waals surface area contributed by atoms with Crippen LogP contribution < -0.4 is 10.9 Å². The Morgan fingerprint density at radius 1 is 0.957 bits per heavy atom. The Balaban J connectivity index is 2.34. The molecule has 0 spiro atoms. The molecule has 0 bridgehead atoms. The van der Waals surface area contributed by atoms with E-state index in [0.29, 0.717) is 4.68 Å². The Bertz CT molecular complexity index is 967. The van der Waals surface area contributed by atoms with Crippen LogP contribution in [-0.4, -0.2) is 20.0 Å². The van der Waals surface area contributed by atoms with Crippen molar-refractivity contribution in [3.8, 4) is 28.4 Å². The summed E-state index contributed by atoms with van der Waals surface area (Å²) in [6.45, 7) is 0. The van der Waals surface area contributed by atoms with E-state index in [1.165, 1.54) is 24.3 Å². The van der Waals surface area contributed by atoms with E-state index >= 15 is 0 Å². The van der Waals surface area contributed by atoms with Crippen LogP contribution in [0.3, 0.4) is 0 Å². The van der Waals surface area contributed by atoms with E-state index in [9.17, 15) is 33.0 Å². The smallest absolute Gasteiger partial charge is 0.435 e. The number of aromatic nitrogens is 2. The molecule has 0 radical (unpaired) electrons. The molecule has 0 amide bonds. The van der Waals surface area contributed by atoms with E-state index in [-0.39, 0.29) is 5.69 Å². The Labute approximate surface area is 125 Å². The molecule has 0 aliphatic heterocycles. The molecule has 6 nitrogen and oxygen atoms in total. The molecule has 0 unspecified atom stereocenters. The van der Waals surface area contributed by atoms with Crippen molar-refractivity contribution in [1.82, 2.24) is 9.78 Å². The Morgan fingerprint density at radius 3 is 2.09 bits per heavy atom. The molecule has 0 atom stereocenters. The molecule has 118 valence electrons. The number of para-hydroxylation sites is 1. The fraction of sp³-hybridized carbons (Fsp3) is 0.0714. The summed E-state index contributed by atoms with van der Waals surface area (Å²) < 4.78 is 40.0. The number of hydrogen-bond acceptors (Lipinski definition) is 5. The van der Waals surface area contributed by atoms with Crippen molar-refractivity contribution < 1.29 is 23.4 Å². The molecular formula is C14H7F3N2O4. The Kier molecular flexibility index (Phi) is 3.03. The van der Waals surface area contributed by atoms with Gasteiger partial charge in [-0.15, -0.1) is 0 Å². The van der Waals surface area contributed by atoms with Crippen LogP contribution >= 0.6 is 0 Å². The summed E-state index contributed by atoms with van der Waals surface area (Å²) in [6.07, 6.45) is -5.00. The maximum atomic E-state index is 13.1. The highest BCUT2D eigenvalue weighted by Gasteiger charge is 2.43. The number of hydrogen-bond donors (Lipinski definition) is 2.